The van der Waals surface area contributed by atoms with E-state index in [1.54, 1.807) is 81.4 Å². The highest BCUT2D eigenvalue weighted by molar-refractivity contribution is 5.91. The highest BCUT2D eigenvalue weighted by Gasteiger charge is 2.85. The van der Waals surface area contributed by atoms with Crippen molar-refractivity contribution in [2.45, 2.75) is 95.3 Å². The molecule has 2 bridgehead atoms. The Bertz CT molecular complexity index is 1850. The predicted molar refractivity (Wildman–Crippen MR) is 181 cm³/mol. The maximum absolute atomic E-state index is 14.1. The highest BCUT2D eigenvalue weighted by atomic mass is 16.6. The maximum Gasteiger partial charge on any atom is 0.340 e. The molecule has 3 aliphatic rings. The summed E-state index contributed by atoms with van der Waals surface area (Å²) in [5, 5.41) is 12.8. The van der Waals surface area contributed by atoms with E-state index in [-0.39, 0.29) is 23.1 Å². The average molecular weight is 716 g/mol. The van der Waals surface area contributed by atoms with E-state index >= 15 is 0 Å². The van der Waals surface area contributed by atoms with E-state index in [1.165, 1.54) is 31.5 Å². The van der Waals surface area contributed by atoms with E-state index < -0.39 is 88.5 Å². The van der Waals surface area contributed by atoms with E-state index in [2.05, 4.69) is 4.98 Å². The van der Waals surface area contributed by atoms with Gasteiger partial charge in [-0.25, -0.2) is 14.4 Å². The fraction of sp³-hybridized carbons (Fsp3) is 0.436. The second-order valence-corrected chi connectivity index (χ2v) is 14.4. The molecule has 2 aliphatic carbocycles. The van der Waals surface area contributed by atoms with Crippen LogP contribution in [0.2, 0.25) is 0 Å². The van der Waals surface area contributed by atoms with Gasteiger partial charge in [0, 0.05) is 32.2 Å². The Balaban J connectivity index is 1.61. The zero-order chi connectivity index (χ0) is 37.6. The van der Waals surface area contributed by atoms with Crippen LogP contribution in [0.3, 0.4) is 0 Å². The van der Waals surface area contributed by atoms with Gasteiger partial charge in [0.2, 0.25) is 0 Å². The second kappa shape index (κ2) is 13.4. The summed E-state index contributed by atoms with van der Waals surface area (Å²) in [6, 6.07) is 19.3. The van der Waals surface area contributed by atoms with E-state index in [1.807, 2.05) is 0 Å². The quantitative estimate of drug-likeness (QED) is 0.259. The van der Waals surface area contributed by atoms with Crippen molar-refractivity contribution in [2.24, 2.45) is 11.3 Å². The van der Waals surface area contributed by atoms with Gasteiger partial charge in [0.05, 0.1) is 27.7 Å². The molecule has 13 heteroatoms. The number of aromatic nitrogens is 1. The van der Waals surface area contributed by atoms with Gasteiger partial charge < -0.3 is 33.5 Å². The molecule has 1 spiro atoms. The van der Waals surface area contributed by atoms with Crippen LogP contribution >= 0.6 is 0 Å². The van der Waals surface area contributed by atoms with E-state index in [0.717, 1.165) is 13.8 Å². The standard InChI is InChI=1S/C39H41NO12/c1-22(41)47-29-31(51-35(45)26-18-13-19-40-21-26)37(5)30(50-34(44)25-16-11-8-12-17-25)28(49-33(43)24-14-9-7-10-15-24)27-20-39(37,52-36(27,3)4)38(6,46)32(29)48-23(2)42/h7-19,21,27-32,46H,20H2,1-6H3/t27-,28-,29-,30-,31-,32-,37+,38-,39+/m0/s1. The Labute approximate surface area is 300 Å². The first-order valence-corrected chi connectivity index (χ1v) is 16.9. The Kier molecular flexibility index (Phi) is 9.47. The summed E-state index contributed by atoms with van der Waals surface area (Å²) in [6.07, 6.45) is -5.11. The zero-order valence-electron chi connectivity index (χ0n) is 29.6. The van der Waals surface area contributed by atoms with Crippen LogP contribution in [0.4, 0.5) is 0 Å². The number of aliphatic hydroxyl groups is 1. The third-order valence-corrected chi connectivity index (χ3v) is 10.8. The molecule has 1 N–H and O–H groups in total. The number of benzene rings is 2. The molecule has 3 aromatic rings. The van der Waals surface area contributed by atoms with Crippen molar-refractivity contribution in [3.8, 4) is 0 Å². The summed E-state index contributed by atoms with van der Waals surface area (Å²) < 4.78 is 37.4. The van der Waals surface area contributed by atoms with Crippen molar-refractivity contribution in [1.82, 2.24) is 4.98 Å². The molecule has 3 fully saturated rings. The largest absolute Gasteiger partial charge is 0.455 e. The minimum Gasteiger partial charge on any atom is -0.455 e. The summed E-state index contributed by atoms with van der Waals surface area (Å²) >= 11 is 0. The van der Waals surface area contributed by atoms with Crippen LogP contribution in [0, 0.1) is 11.3 Å². The van der Waals surface area contributed by atoms with Crippen LogP contribution in [0.1, 0.15) is 79.0 Å². The highest BCUT2D eigenvalue weighted by Crippen LogP contribution is 2.69. The number of ether oxygens (including phenoxy) is 6. The van der Waals surface area contributed by atoms with Gasteiger partial charge in [0.15, 0.2) is 24.4 Å². The maximum atomic E-state index is 14.1. The second-order valence-electron chi connectivity index (χ2n) is 14.4. The van der Waals surface area contributed by atoms with Crippen molar-refractivity contribution >= 4 is 29.8 Å². The average Bonchev–Trinajstić information content (AvgIpc) is 3.39. The van der Waals surface area contributed by atoms with E-state index in [0.29, 0.717) is 0 Å². The number of pyridine rings is 1. The lowest BCUT2D eigenvalue weighted by Gasteiger charge is -2.66. The van der Waals surface area contributed by atoms with Gasteiger partial charge in [-0.2, -0.15) is 0 Å². The van der Waals surface area contributed by atoms with Crippen LogP contribution < -0.4 is 0 Å². The van der Waals surface area contributed by atoms with Gasteiger partial charge in [-0.3, -0.25) is 14.6 Å². The van der Waals surface area contributed by atoms with Gasteiger partial charge >= 0.3 is 29.8 Å². The Hall–Kier alpha value is -5.14. The SMILES string of the molecule is CC(=O)O[C@H]1[C@H](OC(=O)c2cccnc2)[C@@]2(C)[C@@H](OC(=O)c3ccccc3)[C@@H](OC(=O)c3ccccc3)[C@@H]3C[C@]2(OC3(C)C)[C@@](C)(O)[C@H]1OC(C)=O. The molecule has 9 atom stereocenters. The topological polar surface area (TPSA) is 174 Å². The number of esters is 5. The molecule has 0 unspecified atom stereocenters. The Morgan fingerprint density at radius 1 is 0.654 bits per heavy atom. The number of carbonyl (C=O) groups excluding carboxylic acids is 5. The smallest absolute Gasteiger partial charge is 0.340 e. The lowest BCUT2D eigenvalue weighted by atomic mass is 9.46. The molecule has 1 saturated heterocycles. The zero-order valence-corrected chi connectivity index (χ0v) is 29.6. The molecule has 274 valence electrons. The van der Waals surface area contributed by atoms with E-state index in [9.17, 15) is 29.1 Å². The number of nitrogens with zero attached hydrogens (tertiary/aromatic N) is 1. The lowest BCUT2D eigenvalue weighted by molar-refractivity contribution is -0.356. The summed E-state index contributed by atoms with van der Waals surface area (Å²) in [6.45, 7) is 8.64. The van der Waals surface area contributed by atoms with Crippen LogP contribution in [-0.2, 0) is 38.0 Å². The minimum atomic E-state index is -2.21. The Morgan fingerprint density at radius 2 is 1.15 bits per heavy atom. The molecule has 6 rings (SSSR count). The monoisotopic (exact) mass is 715 g/mol. The number of hydrogen-bond donors (Lipinski definition) is 1. The molecule has 52 heavy (non-hydrogen) atoms. The summed E-state index contributed by atoms with van der Waals surface area (Å²) in [5.74, 6) is -4.89. The minimum absolute atomic E-state index is 0.0225. The van der Waals surface area contributed by atoms with Crippen molar-refractivity contribution in [2.75, 3.05) is 0 Å². The number of rotatable bonds is 8. The van der Waals surface area contributed by atoms with E-state index in [4.69, 9.17) is 28.4 Å². The molecule has 2 saturated carbocycles. The van der Waals surface area contributed by atoms with Crippen LogP contribution in [0.15, 0.2) is 85.2 Å². The fourth-order valence-corrected chi connectivity index (χ4v) is 8.43. The van der Waals surface area contributed by atoms with Gasteiger partial charge in [0.1, 0.15) is 17.3 Å². The van der Waals surface area contributed by atoms with Gasteiger partial charge in [0.25, 0.3) is 0 Å². The molecule has 1 aliphatic heterocycles. The number of fused-ring (bicyclic) bond motifs is 1. The number of hydrogen-bond acceptors (Lipinski definition) is 13. The van der Waals surface area contributed by atoms with Crippen molar-refractivity contribution < 1.29 is 57.5 Å². The van der Waals surface area contributed by atoms with Crippen LogP contribution in [0.5, 0.6) is 0 Å². The molecule has 2 heterocycles. The van der Waals surface area contributed by atoms with Crippen LogP contribution in [-0.4, -0.2) is 87.3 Å². The van der Waals surface area contributed by atoms with Gasteiger partial charge in [-0.15, -0.1) is 0 Å². The summed E-state index contributed by atoms with van der Waals surface area (Å²) in [5.41, 5.74) is -6.75. The summed E-state index contributed by atoms with van der Waals surface area (Å²) in [4.78, 5) is 71.4. The summed E-state index contributed by atoms with van der Waals surface area (Å²) in [7, 11) is 0. The van der Waals surface area contributed by atoms with Gasteiger partial charge in [-0.05, 0) is 70.5 Å². The first-order chi connectivity index (χ1) is 24.5. The van der Waals surface area contributed by atoms with Crippen molar-refractivity contribution in [3.05, 3.63) is 102 Å². The molecular formula is C39H41NO12. The third-order valence-electron chi connectivity index (χ3n) is 10.8. The molecule has 13 nitrogen and oxygen atoms in total. The van der Waals surface area contributed by atoms with Crippen LogP contribution in [0.25, 0.3) is 0 Å². The first-order valence-electron chi connectivity index (χ1n) is 16.9. The molecular weight excluding hydrogens is 674 g/mol. The molecule has 0 radical (unpaired) electrons. The molecule has 1 aromatic heterocycles. The normalized spacial score (nSPS) is 32.8. The molecule has 0 amide bonds. The third kappa shape index (κ3) is 6.01. The first kappa shape index (κ1) is 36.6. The lowest BCUT2D eigenvalue weighted by Crippen LogP contribution is -2.84. The predicted octanol–water partition coefficient (Wildman–Crippen LogP) is 4.26. The molecule has 2 aromatic carbocycles. The fourth-order valence-electron chi connectivity index (χ4n) is 8.43. The number of carbonyl (C=O) groups is 5. The van der Waals surface area contributed by atoms with Crippen molar-refractivity contribution in [3.63, 3.8) is 0 Å². The van der Waals surface area contributed by atoms with Crippen molar-refractivity contribution in [1.29, 1.82) is 0 Å². The Morgan fingerprint density at radius 3 is 1.67 bits per heavy atom. The van der Waals surface area contributed by atoms with Gasteiger partial charge in [-0.1, -0.05) is 36.4 Å².